The van der Waals surface area contributed by atoms with Crippen LogP contribution in [0.1, 0.15) is 62.5 Å². The van der Waals surface area contributed by atoms with Gasteiger partial charge in [0.2, 0.25) is 0 Å². The van der Waals surface area contributed by atoms with Gasteiger partial charge >= 0.3 is 5.97 Å². The Labute approximate surface area is 127 Å². The number of carbonyl (C=O) groups is 1. The lowest BCUT2D eigenvalue weighted by Gasteiger charge is -2.25. The Morgan fingerprint density at radius 2 is 1.95 bits per heavy atom. The van der Waals surface area contributed by atoms with Crippen LogP contribution in [0.4, 0.5) is 5.82 Å². The Kier molecular flexibility index (Phi) is 4.55. The van der Waals surface area contributed by atoms with Crippen molar-refractivity contribution in [2.75, 3.05) is 18.5 Å². The van der Waals surface area contributed by atoms with Crippen molar-refractivity contribution < 1.29 is 9.90 Å². The number of carboxylic acid groups (broad SMARTS) is 1. The van der Waals surface area contributed by atoms with Crippen molar-refractivity contribution in [2.24, 2.45) is 5.92 Å². The van der Waals surface area contributed by atoms with Crippen LogP contribution in [0.3, 0.4) is 0 Å². The van der Waals surface area contributed by atoms with Crippen LogP contribution in [0.5, 0.6) is 0 Å². The van der Waals surface area contributed by atoms with Crippen LogP contribution >= 0.6 is 0 Å². The maximum absolute atomic E-state index is 11.4. The van der Waals surface area contributed by atoms with Gasteiger partial charge in [-0.05, 0) is 30.9 Å². The van der Waals surface area contributed by atoms with Gasteiger partial charge in [0.05, 0.1) is 5.56 Å². The summed E-state index contributed by atoms with van der Waals surface area (Å²) in [5.41, 5.74) is 0.993. The number of aromatic carboxylic acids is 1. The Morgan fingerprint density at radius 1 is 1.33 bits per heavy atom. The van der Waals surface area contributed by atoms with Crippen LogP contribution in [0.2, 0.25) is 0 Å². The van der Waals surface area contributed by atoms with E-state index in [2.05, 4.69) is 25.7 Å². The number of carboxylic acids is 1. The van der Waals surface area contributed by atoms with Crippen LogP contribution in [0.15, 0.2) is 12.1 Å². The third kappa shape index (κ3) is 3.96. The second-order valence-electron chi connectivity index (χ2n) is 7.19. The summed E-state index contributed by atoms with van der Waals surface area (Å²) in [6, 6.07) is 3.38. The molecule has 0 aromatic carbocycles. The summed E-state index contributed by atoms with van der Waals surface area (Å²) in [4.78, 5) is 18.2. The largest absolute Gasteiger partial charge is 0.478 e. The Balaban J connectivity index is 2.28. The average Bonchev–Trinajstić information content (AvgIpc) is 2.90. The van der Waals surface area contributed by atoms with Gasteiger partial charge in [0.15, 0.2) is 0 Å². The fraction of sp³-hybridized carbons (Fsp3) is 0.647. The molecule has 0 spiro atoms. The molecular weight excluding hydrogens is 264 g/mol. The predicted octanol–water partition coefficient (Wildman–Crippen LogP) is 3.70. The molecule has 0 aliphatic heterocycles. The van der Waals surface area contributed by atoms with Gasteiger partial charge in [-0.25, -0.2) is 9.78 Å². The molecule has 0 bridgehead atoms. The van der Waals surface area contributed by atoms with Crippen LogP contribution in [0, 0.1) is 5.92 Å². The molecule has 1 saturated carbocycles. The maximum atomic E-state index is 11.4. The average molecular weight is 290 g/mol. The van der Waals surface area contributed by atoms with E-state index < -0.39 is 5.97 Å². The molecule has 1 heterocycles. The highest BCUT2D eigenvalue weighted by molar-refractivity contribution is 5.88. The molecule has 4 nitrogen and oxygen atoms in total. The fourth-order valence-corrected chi connectivity index (χ4v) is 2.89. The van der Waals surface area contributed by atoms with Crippen LogP contribution < -0.4 is 4.90 Å². The Bertz CT molecular complexity index is 514. The first kappa shape index (κ1) is 15.8. The molecule has 116 valence electrons. The summed E-state index contributed by atoms with van der Waals surface area (Å²) >= 11 is 0. The fourth-order valence-electron chi connectivity index (χ4n) is 2.89. The molecule has 1 aromatic rings. The molecule has 1 N–H and O–H groups in total. The highest BCUT2D eigenvalue weighted by Crippen LogP contribution is 2.28. The number of nitrogens with zero attached hydrogens (tertiary/aromatic N) is 2. The maximum Gasteiger partial charge on any atom is 0.335 e. The zero-order valence-corrected chi connectivity index (χ0v) is 13.5. The van der Waals surface area contributed by atoms with E-state index in [4.69, 9.17) is 4.98 Å². The molecule has 0 unspecified atom stereocenters. The lowest BCUT2D eigenvalue weighted by molar-refractivity contribution is 0.0696. The van der Waals surface area contributed by atoms with E-state index in [-0.39, 0.29) is 5.41 Å². The number of aromatic nitrogens is 1. The molecule has 0 atom stereocenters. The zero-order chi connectivity index (χ0) is 15.6. The van der Waals surface area contributed by atoms with Crippen LogP contribution in [-0.2, 0) is 5.41 Å². The van der Waals surface area contributed by atoms with Crippen molar-refractivity contribution in [2.45, 2.75) is 51.9 Å². The Hall–Kier alpha value is -1.58. The molecule has 1 fully saturated rings. The van der Waals surface area contributed by atoms with Gasteiger partial charge in [0.1, 0.15) is 5.82 Å². The summed E-state index contributed by atoms with van der Waals surface area (Å²) < 4.78 is 0. The first-order valence-corrected chi connectivity index (χ1v) is 7.74. The van der Waals surface area contributed by atoms with E-state index in [1.165, 1.54) is 25.7 Å². The number of pyridine rings is 1. The SMILES string of the molecule is CN(CC1CCCC1)c1cc(C(=O)O)cc(C(C)(C)C)n1. The number of hydrogen-bond donors (Lipinski definition) is 1. The number of hydrogen-bond acceptors (Lipinski definition) is 3. The van der Waals surface area contributed by atoms with Gasteiger partial charge in [-0.15, -0.1) is 0 Å². The van der Waals surface area contributed by atoms with Gasteiger partial charge in [-0.3, -0.25) is 0 Å². The van der Waals surface area contributed by atoms with Crippen molar-refractivity contribution in [1.82, 2.24) is 4.98 Å². The zero-order valence-electron chi connectivity index (χ0n) is 13.5. The van der Waals surface area contributed by atoms with E-state index in [0.717, 1.165) is 18.1 Å². The van der Waals surface area contributed by atoms with Gasteiger partial charge < -0.3 is 10.0 Å². The molecule has 1 aliphatic carbocycles. The predicted molar refractivity (Wildman–Crippen MR) is 85.1 cm³/mol. The van der Waals surface area contributed by atoms with Crippen LogP contribution in [-0.4, -0.2) is 29.7 Å². The van der Waals surface area contributed by atoms with Gasteiger partial charge in [0, 0.05) is 24.7 Å². The van der Waals surface area contributed by atoms with Crippen molar-refractivity contribution in [3.05, 3.63) is 23.4 Å². The highest BCUT2D eigenvalue weighted by atomic mass is 16.4. The first-order valence-electron chi connectivity index (χ1n) is 7.74. The van der Waals surface area contributed by atoms with E-state index in [1.807, 2.05) is 7.05 Å². The summed E-state index contributed by atoms with van der Waals surface area (Å²) in [6.45, 7) is 7.13. The molecule has 21 heavy (non-hydrogen) atoms. The number of rotatable bonds is 4. The molecule has 4 heteroatoms. The summed E-state index contributed by atoms with van der Waals surface area (Å²) in [5, 5.41) is 9.32. The van der Waals surface area contributed by atoms with Crippen molar-refractivity contribution in [1.29, 1.82) is 0 Å². The normalized spacial score (nSPS) is 16.2. The van der Waals surface area contributed by atoms with Gasteiger partial charge in [-0.1, -0.05) is 33.6 Å². The third-order valence-electron chi connectivity index (χ3n) is 4.23. The number of anilines is 1. The van der Waals surface area contributed by atoms with Crippen molar-refractivity contribution in [3.63, 3.8) is 0 Å². The summed E-state index contributed by atoms with van der Waals surface area (Å²) in [5.74, 6) is 0.591. The quantitative estimate of drug-likeness (QED) is 0.918. The minimum absolute atomic E-state index is 0.158. The highest BCUT2D eigenvalue weighted by Gasteiger charge is 2.22. The third-order valence-corrected chi connectivity index (χ3v) is 4.23. The molecule has 0 saturated heterocycles. The van der Waals surface area contributed by atoms with E-state index in [0.29, 0.717) is 11.5 Å². The molecule has 2 rings (SSSR count). The molecule has 1 aromatic heterocycles. The molecule has 0 radical (unpaired) electrons. The summed E-state index contributed by atoms with van der Waals surface area (Å²) in [7, 11) is 2.01. The monoisotopic (exact) mass is 290 g/mol. The van der Waals surface area contributed by atoms with E-state index >= 15 is 0 Å². The molecule has 1 aliphatic rings. The topological polar surface area (TPSA) is 53.4 Å². The van der Waals surface area contributed by atoms with E-state index in [1.54, 1.807) is 12.1 Å². The second kappa shape index (κ2) is 6.04. The summed E-state index contributed by atoms with van der Waals surface area (Å²) in [6.07, 6.45) is 5.17. The molecule has 0 amide bonds. The lowest BCUT2D eigenvalue weighted by Crippen LogP contribution is -2.26. The van der Waals surface area contributed by atoms with Crippen molar-refractivity contribution >= 4 is 11.8 Å². The van der Waals surface area contributed by atoms with Crippen LogP contribution in [0.25, 0.3) is 0 Å². The lowest BCUT2D eigenvalue weighted by atomic mass is 9.90. The molecular formula is C17H26N2O2. The smallest absolute Gasteiger partial charge is 0.335 e. The van der Waals surface area contributed by atoms with E-state index in [9.17, 15) is 9.90 Å². The minimum atomic E-state index is -0.890. The first-order chi connectivity index (χ1) is 9.77. The standard InChI is InChI=1S/C17H26N2O2/c1-17(2,3)14-9-13(16(20)21)10-15(18-14)19(4)11-12-7-5-6-8-12/h9-10,12H,5-8,11H2,1-4H3,(H,20,21). The minimum Gasteiger partial charge on any atom is -0.478 e. The Morgan fingerprint density at radius 3 is 2.48 bits per heavy atom. The van der Waals surface area contributed by atoms with Crippen molar-refractivity contribution in [3.8, 4) is 0 Å². The van der Waals surface area contributed by atoms with Gasteiger partial charge in [0.25, 0.3) is 0 Å². The second-order valence-corrected chi connectivity index (χ2v) is 7.19. The van der Waals surface area contributed by atoms with Gasteiger partial charge in [-0.2, -0.15) is 0 Å².